The molecule has 0 saturated carbocycles. The SMILES string of the molecule is CNC(C)(C)C(=O)NCC(C)c1ccccc1. The van der Waals surface area contributed by atoms with Crippen molar-refractivity contribution in [1.82, 2.24) is 10.6 Å². The minimum absolute atomic E-state index is 0.0304. The Labute approximate surface area is 104 Å². The van der Waals surface area contributed by atoms with Gasteiger partial charge in [0.2, 0.25) is 5.91 Å². The molecular weight excluding hydrogens is 212 g/mol. The van der Waals surface area contributed by atoms with E-state index in [2.05, 4.69) is 29.7 Å². The van der Waals surface area contributed by atoms with Crippen molar-refractivity contribution in [3.8, 4) is 0 Å². The van der Waals surface area contributed by atoms with Gasteiger partial charge in [0.25, 0.3) is 0 Å². The van der Waals surface area contributed by atoms with E-state index in [0.717, 1.165) is 0 Å². The maximum absolute atomic E-state index is 11.9. The Kier molecular flexibility index (Phi) is 4.70. The number of likely N-dealkylation sites (N-methyl/N-ethyl adjacent to an activating group) is 1. The first kappa shape index (κ1) is 13.7. The fraction of sp³-hybridized carbons (Fsp3) is 0.500. The number of carbonyl (C=O) groups is 1. The van der Waals surface area contributed by atoms with E-state index >= 15 is 0 Å². The lowest BCUT2D eigenvalue weighted by atomic mass is 10.00. The van der Waals surface area contributed by atoms with Gasteiger partial charge in [0.15, 0.2) is 0 Å². The molecule has 3 heteroatoms. The van der Waals surface area contributed by atoms with Crippen molar-refractivity contribution < 1.29 is 4.79 Å². The highest BCUT2D eigenvalue weighted by molar-refractivity contribution is 5.85. The van der Waals surface area contributed by atoms with Gasteiger partial charge in [-0.3, -0.25) is 4.79 Å². The van der Waals surface area contributed by atoms with Crippen LogP contribution in [0.25, 0.3) is 0 Å². The first-order valence-electron chi connectivity index (χ1n) is 5.99. The Balaban J connectivity index is 2.49. The molecule has 0 spiro atoms. The van der Waals surface area contributed by atoms with Crippen LogP contribution in [0.3, 0.4) is 0 Å². The molecule has 3 nitrogen and oxygen atoms in total. The number of nitrogens with one attached hydrogen (secondary N) is 2. The summed E-state index contributed by atoms with van der Waals surface area (Å²) in [7, 11) is 1.79. The molecule has 1 amide bonds. The Hall–Kier alpha value is -1.35. The van der Waals surface area contributed by atoms with Crippen LogP contribution < -0.4 is 10.6 Å². The van der Waals surface area contributed by atoms with E-state index in [4.69, 9.17) is 0 Å². The highest BCUT2D eigenvalue weighted by atomic mass is 16.2. The molecule has 0 aromatic heterocycles. The summed E-state index contributed by atoms with van der Waals surface area (Å²) in [6, 6.07) is 10.2. The van der Waals surface area contributed by atoms with Crippen LogP contribution in [-0.4, -0.2) is 25.0 Å². The highest BCUT2D eigenvalue weighted by Crippen LogP contribution is 2.13. The summed E-state index contributed by atoms with van der Waals surface area (Å²) in [4.78, 5) is 11.9. The molecule has 1 aromatic rings. The lowest BCUT2D eigenvalue weighted by molar-refractivity contribution is -0.126. The minimum atomic E-state index is -0.517. The molecule has 0 fully saturated rings. The van der Waals surface area contributed by atoms with E-state index in [1.165, 1.54) is 5.56 Å². The third kappa shape index (κ3) is 3.86. The first-order chi connectivity index (χ1) is 7.97. The van der Waals surface area contributed by atoms with Crippen LogP contribution in [0.15, 0.2) is 30.3 Å². The van der Waals surface area contributed by atoms with Crippen molar-refractivity contribution in [3.05, 3.63) is 35.9 Å². The average Bonchev–Trinajstić information content (AvgIpc) is 2.36. The normalized spacial score (nSPS) is 13.2. The summed E-state index contributed by atoms with van der Waals surface area (Å²) in [5.41, 5.74) is 0.728. The molecule has 0 radical (unpaired) electrons. The molecule has 0 saturated heterocycles. The first-order valence-corrected chi connectivity index (χ1v) is 5.99. The van der Waals surface area contributed by atoms with Crippen molar-refractivity contribution in [1.29, 1.82) is 0 Å². The maximum Gasteiger partial charge on any atom is 0.239 e. The number of amides is 1. The predicted molar refractivity (Wildman–Crippen MR) is 71.0 cm³/mol. The molecule has 2 N–H and O–H groups in total. The van der Waals surface area contributed by atoms with Crippen molar-refractivity contribution in [2.45, 2.75) is 32.2 Å². The molecule has 1 unspecified atom stereocenters. The van der Waals surface area contributed by atoms with Crippen LogP contribution in [0.5, 0.6) is 0 Å². The zero-order chi connectivity index (χ0) is 12.9. The molecule has 17 heavy (non-hydrogen) atoms. The quantitative estimate of drug-likeness (QED) is 0.817. The van der Waals surface area contributed by atoms with Crippen molar-refractivity contribution in [2.75, 3.05) is 13.6 Å². The molecule has 0 aliphatic carbocycles. The largest absolute Gasteiger partial charge is 0.354 e. The maximum atomic E-state index is 11.9. The summed E-state index contributed by atoms with van der Waals surface area (Å²) in [6.07, 6.45) is 0. The Morgan fingerprint density at radius 3 is 2.41 bits per heavy atom. The molecule has 1 atom stereocenters. The van der Waals surface area contributed by atoms with Crippen LogP contribution >= 0.6 is 0 Å². The standard InChI is InChI=1S/C14H22N2O/c1-11(12-8-6-5-7-9-12)10-16-13(17)14(2,3)15-4/h5-9,11,15H,10H2,1-4H3,(H,16,17). The van der Waals surface area contributed by atoms with E-state index in [1.807, 2.05) is 32.0 Å². The molecule has 0 aliphatic rings. The molecule has 1 rings (SSSR count). The van der Waals surface area contributed by atoms with Gasteiger partial charge in [0.1, 0.15) is 0 Å². The summed E-state index contributed by atoms with van der Waals surface area (Å²) >= 11 is 0. The fourth-order valence-electron chi connectivity index (χ4n) is 1.48. The lowest BCUT2D eigenvalue weighted by Crippen LogP contribution is -2.51. The van der Waals surface area contributed by atoms with E-state index in [-0.39, 0.29) is 5.91 Å². The van der Waals surface area contributed by atoms with E-state index in [0.29, 0.717) is 12.5 Å². The van der Waals surface area contributed by atoms with Crippen molar-refractivity contribution in [3.63, 3.8) is 0 Å². The highest BCUT2D eigenvalue weighted by Gasteiger charge is 2.24. The number of hydrogen-bond donors (Lipinski definition) is 2. The second kappa shape index (κ2) is 5.82. The van der Waals surface area contributed by atoms with Crippen LogP contribution in [0.1, 0.15) is 32.3 Å². The van der Waals surface area contributed by atoms with Crippen LogP contribution in [0.2, 0.25) is 0 Å². The van der Waals surface area contributed by atoms with Crippen molar-refractivity contribution >= 4 is 5.91 Å². The minimum Gasteiger partial charge on any atom is -0.354 e. The van der Waals surface area contributed by atoms with Crippen LogP contribution in [-0.2, 0) is 4.79 Å². The molecule has 0 bridgehead atoms. The summed E-state index contributed by atoms with van der Waals surface area (Å²) in [5.74, 6) is 0.357. The zero-order valence-electron chi connectivity index (χ0n) is 11.1. The van der Waals surface area contributed by atoms with Gasteiger partial charge < -0.3 is 10.6 Å². The second-order valence-corrected chi connectivity index (χ2v) is 4.90. The Bertz CT molecular complexity index is 360. The summed E-state index contributed by atoms with van der Waals surface area (Å²) in [5, 5.41) is 5.96. The molecule has 1 aromatic carbocycles. The van der Waals surface area contributed by atoms with Crippen molar-refractivity contribution in [2.24, 2.45) is 0 Å². The number of rotatable bonds is 5. The number of hydrogen-bond acceptors (Lipinski definition) is 2. The van der Waals surface area contributed by atoms with E-state index in [1.54, 1.807) is 7.05 Å². The Morgan fingerprint density at radius 1 is 1.29 bits per heavy atom. The van der Waals surface area contributed by atoms with Crippen LogP contribution in [0.4, 0.5) is 0 Å². The van der Waals surface area contributed by atoms with Gasteiger partial charge in [-0.2, -0.15) is 0 Å². The van der Waals surface area contributed by atoms with Gasteiger partial charge in [-0.25, -0.2) is 0 Å². The number of carbonyl (C=O) groups excluding carboxylic acids is 1. The molecule has 0 aliphatic heterocycles. The third-order valence-corrected chi connectivity index (χ3v) is 3.13. The zero-order valence-corrected chi connectivity index (χ0v) is 11.1. The number of benzene rings is 1. The van der Waals surface area contributed by atoms with E-state index in [9.17, 15) is 4.79 Å². The summed E-state index contributed by atoms with van der Waals surface area (Å²) < 4.78 is 0. The van der Waals surface area contributed by atoms with E-state index < -0.39 is 5.54 Å². The fourth-order valence-corrected chi connectivity index (χ4v) is 1.48. The monoisotopic (exact) mass is 234 g/mol. The van der Waals surface area contributed by atoms with Gasteiger partial charge in [-0.15, -0.1) is 0 Å². The molecular formula is C14H22N2O. The molecule has 0 heterocycles. The topological polar surface area (TPSA) is 41.1 Å². The second-order valence-electron chi connectivity index (χ2n) is 4.90. The smallest absolute Gasteiger partial charge is 0.239 e. The van der Waals surface area contributed by atoms with Gasteiger partial charge in [-0.05, 0) is 32.4 Å². The van der Waals surface area contributed by atoms with Gasteiger partial charge in [0.05, 0.1) is 5.54 Å². The summed E-state index contributed by atoms with van der Waals surface area (Å²) in [6.45, 7) is 6.51. The third-order valence-electron chi connectivity index (χ3n) is 3.13. The van der Waals surface area contributed by atoms with Gasteiger partial charge >= 0.3 is 0 Å². The predicted octanol–water partition coefficient (Wildman–Crippen LogP) is 1.90. The lowest BCUT2D eigenvalue weighted by Gasteiger charge is -2.24. The Morgan fingerprint density at radius 2 is 1.88 bits per heavy atom. The van der Waals surface area contributed by atoms with Gasteiger partial charge in [0, 0.05) is 6.54 Å². The van der Waals surface area contributed by atoms with Gasteiger partial charge in [-0.1, -0.05) is 37.3 Å². The molecule has 94 valence electrons. The van der Waals surface area contributed by atoms with Crippen LogP contribution in [0, 0.1) is 0 Å². The average molecular weight is 234 g/mol.